The minimum atomic E-state index is -0.654. The van der Waals surface area contributed by atoms with Crippen LogP contribution in [0.2, 0.25) is 5.02 Å². The van der Waals surface area contributed by atoms with E-state index >= 15 is 0 Å². The van der Waals surface area contributed by atoms with Gasteiger partial charge in [0.25, 0.3) is 6.47 Å². The van der Waals surface area contributed by atoms with Crippen molar-refractivity contribution < 1.29 is 23.8 Å². The Morgan fingerprint density at radius 3 is 2.36 bits per heavy atom. The third-order valence-corrected chi connectivity index (χ3v) is 4.61. The van der Waals surface area contributed by atoms with Crippen molar-refractivity contribution in [2.75, 3.05) is 13.1 Å². The van der Waals surface area contributed by atoms with Crippen LogP contribution in [0, 0.1) is 23.5 Å². The highest BCUT2D eigenvalue weighted by Gasteiger charge is 2.40. The Balaban J connectivity index is 0.000000545. The second kappa shape index (κ2) is 7.35. The quantitative estimate of drug-likeness (QED) is 0.645. The summed E-state index contributed by atoms with van der Waals surface area (Å²) in [6.45, 7) is 1.60. The van der Waals surface area contributed by atoms with Crippen molar-refractivity contribution in [3.8, 4) is 0 Å². The molecule has 1 aromatic carbocycles. The standard InChI is InChI=1S/C14H16ClF2NO.CH2O2/c15-12-1-2-13(16)11(14(12)17)7-18-5-8-3-10(19)4-9(8)6-18;2-1-3/h1-2,8-10,19H,3-7H2;1H,(H,2,3)/t8-,9+,10?;. The lowest BCUT2D eigenvalue weighted by Crippen LogP contribution is -2.24. The van der Waals surface area contributed by atoms with Gasteiger partial charge in [0.15, 0.2) is 0 Å². The minimum Gasteiger partial charge on any atom is -0.483 e. The van der Waals surface area contributed by atoms with Gasteiger partial charge < -0.3 is 10.2 Å². The van der Waals surface area contributed by atoms with E-state index < -0.39 is 11.6 Å². The maximum absolute atomic E-state index is 13.8. The fraction of sp³-hybridized carbons (Fsp3) is 0.533. The third kappa shape index (κ3) is 3.74. The second-order valence-corrected chi connectivity index (χ2v) is 6.17. The molecule has 0 bridgehead atoms. The van der Waals surface area contributed by atoms with Crippen LogP contribution < -0.4 is 0 Å². The van der Waals surface area contributed by atoms with E-state index in [9.17, 15) is 13.9 Å². The summed E-state index contributed by atoms with van der Waals surface area (Å²) in [5, 5.41) is 16.4. The molecular weight excluding hydrogens is 316 g/mol. The van der Waals surface area contributed by atoms with Crippen LogP contribution in [-0.2, 0) is 11.3 Å². The topological polar surface area (TPSA) is 60.8 Å². The molecule has 0 spiro atoms. The van der Waals surface area contributed by atoms with Crippen molar-refractivity contribution in [3.63, 3.8) is 0 Å². The Labute approximate surface area is 132 Å². The number of carboxylic acid groups (broad SMARTS) is 1. The van der Waals surface area contributed by atoms with Crippen molar-refractivity contribution in [2.45, 2.75) is 25.5 Å². The molecule has 1 heterocycles. The first-order valence-corrected chi connectivity index (χ1v) is 7.44. The monoisotopic (exact) mass is 333 g/mol. The van der Waals surface area contributed by atoms with Crippen molar-refractivity contribution >= 4 is 18.1 Å². The number of carbonyl (C=O) groups is 1. The Kier molecular flexibility index (Phi) is 5.72. The van der Waals surface area contributed by atoms with E-state index in [-0.39, 0.29) is 29.7 Å². The van der Waals surface area contributed by atoms with Gasteiger partial charge >= 0.3 is 0 Å². The Morgan fingerprint density at radius 1 is 1.27 bits per heavy atom. The molecule has 4 nitrogen and oxygen atoms in total. The molecule has 0 radical (unpaired) electrons. The summed E-state index contributed by atoms with van der Waals surface area (Å²) >= 11 is 5.69. The molecule has 3 atom stereocenters. The zero-order chi connectivity index (χ0) is 16.3. The maximum Gasteiger partial charge on any atom is 0.290 e. The highest BCUT2D eigenvalue weighted by atomic mass is 35.5. The normalized spacial score (nSPS) is 27.2. The molecule has 22 heavy (non-hydrogen) atoms. The first-order valence-electron chi connectivity index (χ1n) is 7.06. The van der Waals surface area contributed by atoms with Crippen molar-refractivity contribution in [1.29, 1.82) is 0 Å². The van der Waals surface area contributed by atoms with Gasteiger partial charge in [-0.1, -0.05) is 11.6 Å². The van der Waals surface area contributed by atoms with E-state index in [1.54, 1.807) is 0 Å². The molecular formula is C15H18ClF2NO3. The number of halogens is 3. The molecule has 1 aromatic rings. The summed E-state index contributed by atoms with van der Waals surface area (Å²) in [6.07, 6.45) is 1.42. The first-order chi connectivity index (χ1) is 10.5. The predicted molar refractivity (Wildman–Crippen MR) is 77.6 cm³/mol. The summed E-state index contributed by atoms with van der Waals surface area (Å²) in [7, 11) is 0. The summed E-state index contributed by atoms with van der Waals surface area (Å²) < 4.78 is 27.5. The molecule has 7 heteroatoms. The molecule has 1 aliphatic heterocycles. The number of hydrogen-bond acceptors (Lipinski definition) is 3. The summed E-state index contributed by atoms with van der Waals surface area (Å²) in [4.78, 5) is 10.4. The van der Waals surface area contributed by atoms with Gasteiger partial charge in [-0.25, -0.2) is 8.78 Å². The average Bonchev–Trinajstić information content (AvgIpc) is 2.97. The lowest BCUT2D eigenvalue weighted by Gasteiger charge is -2.18. The number of hydrogen-bond donors (Lipinski definition) is 2. The van der Waals surface area contributed by atoms with Gasteiger partial charge in [-0.05, 0) is 36.8 Å². The molecule has 2 aliphatic rings. The molecule has 0 aromatic heterocycles. The number of benzene rings is 1. The van der Waals surface area contributed by atoms with Gasteiger partial charge in [-0.15, -0.1) is 0 Å². The summed E-state index contributed by atoms with van der Waals surface area (Å²) in [5.74, 6) is -0.279. The van der Waals surface area contributed by atoms with Crippen LogP contribution in [0.15, 0.2) is 12.1 Å². The number of fused-ring (bicyclic) bond motifs is 1. The van der Waals surface area contributed by atoms with E-state index in [0.717, 1.165) is 25.9 Å². The van der Waals surface area contributed by atoms with E-state index in [4.69, 9.17) is 21.5 Å². The Morgan fingerprint density at radius 2 is 1.82 bits per heavy atom. The van der Waals surface area contributed by atoms with Gasteiger partial charge in [0, 0.05) is 25.2 Å². The Bertz CT molecular complexity index is 530. The lowest BCUT2D eigenvalue weighted by atomic mass is 10.0. The molecule has 2 N–H and O–H groups in total. The van der Waals surface area contributed by atoms with Crippen LogP contribution in [0.5, 0.6) is 0 Å². The third-order valence-electron chi connectivity index (χ3n) is 4.32. The van der Waals surface area contributed by atoms with Crippen LogP contribution >= 0.6 is 11.6 Å². The predicted octanol–water partition coefficient (Wildman–Crippen LogP) is 2.52. The van der Waals surface area contributed by atoms with Crippen molar-refractivity contribution in [2.24, 2.45) is 11.8 Å². The van der Waals surface area contributed by atoms with Crippen LogP contribution in [-0.4, -0.2) is 40.8 Å². The number of aliphatic hydroxyl groups excluding tert-OH is 1. The molecule has 122 valence electrons. The number of nitrogens with zero attached hydrogens (tertiary/aromatic N) is 1. The summed E-state index contributed by atoms with van der Waals surface area (Å²) in [6, 6.07) is 2.45. The fourth-order valence-corrected chi connectivity index (χ4v) is 3.61. The number of rotatable bonds is 2. The largest absolute Gasteiger partial charge is 0.483 e. The summed E-state index contributed by atoms with van der Waals surface area (Å²) in [5.41, 5.74) is 0.0491. The van der Waals surface area contributed by atoms with E-state index in [1.807, 2.05) is 0 Å². The van der Waals surface area contributed by atoms with Crippen LogP contribution in [0.3, 0.4) is 0 Å². The Hall–Kier alpha value is -1.24. The van der Waals surface area contributed by atoms with Gasteiger partial charge in [0.05, 0.1) is 11.1 Å². The van der Waals surface area contributed by atoms with Gasteiger partial charge in [0.2, 0.25) is 0 Å². The highest BCUT2D eigenvalue weighted by Crippen LogP contribution is 2.38. The molecule has 3 rings (SSSR count). The van der Waals surface area contributed by atoms with Gasteiger partial charge in [-0.2, -0.15) is 0 Å². The van der Waals surface area contributed by atoms with Crippen LogP contribution in [0.4, 0.5) is 8.78 Å². The van der Waals surface area contributed by atoms with Crippen LogP contribution in [0.25, 0.3) is 0 Å². The SMILES string of the molecule is O=CO.OC1C[C@@H]2CN(Cc3c(F)ccc(Cl)c3F)C[C@@H]2C1. The van der Waals surface area contributed by atoms with Crippen molar-refractivity contribution in [1.82, 2.24) is 4.90 Å². The molecule has 1 aliphatic carbocycles. The fourth-order valence-electron chi connectivity index (χ4n) is 3.43. The molecule has 1 unspecified atom stereocenters. The number of likely N-dealkylation sites (tertiary alicyclic amines) is 1. The lowest BCUT2D eigenvalue weighted by molar-refractivity contribution is -0.122. The molecule has 1 saturated carbocycles. The van der Waals surface area contributed by atoms with Gasteiger partial charge in [0.1, 0.15) is 11.6 Å². The maximum atomic E-state index is 13.8. The highest BCUT2D eigenvalue weighted by molar-refractivity contribution is 6.30. The number of aliphatic hydroxyl groups is 1. The zero-order valence-corrected chi connectivity index (χ0v) is 12.6. The van der Waals surface area contributed by atoms with Crippen LogP contribution in [0.1, 0.15) is 18.4 Å². The molecule has 2 fully saturated rings. The molecule has 1 saturated heterocycles. The smallest absolute Gasteiger partial charge is 0.290 e. The molecule has 0 amide bonds. The van der Waals surface area contributed by atoms with Gasteiger partial charge in [-0.3, -0.25) is 9.69 Å². The minimum absolute atomic E-state index is 0.0359. The second-order valence-electron chi connectivity index (χ2n) is 5.77. The average molecular weight is 334 g/mol. The zero-order valence-electron chi connectivity index (χ0n) is 11.9. The van der Waals surface area contributed by atoms with E-state index in [2.05, 4.69) is 4.90 Å². The van der Waals surface area contributed by atoms with E-state index in [0.29, 0.717) is 11.8 Å². The van der Waals surface area contributed by atoms with Crippen molar-refractivity contribution in [3.05, 3.63) is 34.4 Å². The van der Waals surface area contributed by atoms with E-state index in [1.165, 1.54) is 12.1 Å². The first kappa shape index (κ1) is 17.1.